The van der Waals surface area contributed by atoms with Gasteiger partial charge in [0.1, 0.15) is 0 Å². The van der Waals surface area contributed by atoms with Crippen LogP contribution < -0.4 is 5.73 Å². The SMILES string of the molecule is CC/C=C(\N)C1CCCCC1. The van der Waals surface area contributed by atoms with Crippen LogP contribution >= 0.6 is 0 Å². The van der Waals surface area contributed by atoms with E-state index in [1.807, 2.05) is 0 Å². The molecule has 0 heterocycles. The van der Waals surface area contributed by atoms with Crippen LogP contribution in [-0.4, -0.2) is 0 Å². The molecule has 0 aromatic heterocycles. The van der Waals surface area contributed by atoms with Crippen LogP contribution in [0.2, 0.25) is 0 Å². The Morgan fingerprint density at radius 3 is 2.55 bits per heavy atom. The molecule has 0 saturated heterocycles. The van der Waals surface area contributed by atoms with Gasteiger partial charge in [-0.15, -0.1) is 0 Å². The van der Waals surface area contributed by atoms with E-state index in [1.54, 1.807) is 0 Å². The molecule has 1 nitrogen and oxygen atoms in total. The summed E-state index contributed by atoms with van der Waals surface area (Å²) in [4.78, 5) is 0. The van der Waals surface area contributed by atoms with Crippen molar-refractivity contribution in [1.29, 1.82) is 0 Å². The fourth-order valence-corrected chi connectivity index (χ4v) is 1.84. The number of nitrogens with two attached hydrogens (primary N) is 1. The zero-order valence-electron chi connectivity index (χ0n) is 7.47. The molecule has 1 saturated carbocycles. The first kappa shape index (κ1) is 8.63. The van der Waals surface area contributed by atoms with Crippen LogP contribution in [0.4, 0.5) is 0 Å². The summed E-state index contributed by atoms with van der Waals surface area (Å²) in [5.41, 5.74) is 7.07. The lowest BCUT2D eigenvalue weighted by Crippen LogP contribution is -2.15. The van der Waals surface area contributed by atoms with Gasteiger partial charge in [0.15, 0.2) is 0 Å². The van der Waals surface area contributed by atoms with Crippen molar-refractivity contribution in [3.8, 4) is 0 Å². The summed E-state index contributed by atoms with van der Waals surface area (Å²) in [6, 6.07) is 0. The van der Waals surface area contributed by atoms with Gasteiger partial charge < -0.3 is 5.73 Å². The Balaban J connectivity index is 2.38. The molecule has 0 atom stereocenters. The van der Waals surface area contributed by atoms with E-state index in [0.717, 1.165) is 12.1 Å². The number of hydrogen-bond acceptors (Lipinski definition) is 1. The Morgan fingerprint density at radius 1 is 1.36 bits per heavy atom. The van der Waals surface area contributed by atoms with Crippen LogP contribution in [0.5, 0.6) is 0 Å². The lowest BCUT2D eigenvalue weighted by atomic mass is 9.87. The fraction of sp³-hybridized carbons (Fsp3) is 0.800. The van der Waals surface area contributed by atoms with E-state index in [-0.39, 0.29) is 0 Å². The molecule has 0 aromatic carbocycles. The molecule has 0 aliphatic heterocycles. The second-order valence-corrected chi connectivity index (χ2v) is 3.45. The highest BCUT2D eigenvalue weighted by Gasteiger charge is 2.14. The zero-order valence-corrected chi connectivity index (χ0v) is 7.47. The van der Waals surface area contributed by atoms with Crippen molar-refractivity contribution < 1.29 is 0 Å². The Kier molecular flexibility index (Phi) is 3.47. The summed E-state index contributed by atoms with van der Waals surface area (Å²) in [6.45, 7) is 2.15. The van der Waals surface area contributed by atoms with Gasteiger partial charge in [0.25, 0.3) is 0 Å². The summed E-state index contributed by atoms with van der Waals surface area (Å²) in [5.74, 6) is 0.712. The topological polar surface area (TPSA) is 26.0 Å². The largest absolute Gasteiger partial charge is 0.402 e. The van der Waals surface area contributed by atoms with Crippen LogP contribution in [-0.2, 0) is 0 Å². The Labute approximate surface area is 69.7 Å². The van der Waals surface area contributed by atoms with Crippen molar-refractivity contribution in [1.82, 2.24) is 0 Å². The highest BCUT2D eigenvalue weighted by atomic mass is 14.6. The zero-order chi connectivity index (χ0) is 8.10. The van der Waals surface area contributed by atoms with Gasteiger partial charge >= 0.3 is 0 Å². The predicted molar refractivity (Wildman–Crippen MR) is 49.1 cm³/mol. The third kappa shape index (κ3) is 2.57. The number of allylic oxidation sites excluding steroid dienone is 2. The van der Waals surface area contributed by atoms with Gasteiger partial charge in [-0.1, -0.05) is 32.3 Å². The molecule has 0 amide bonds. The summed E-state index contributed by atoms with van der Waals surface area (Å²) in [5, 5.41) is 0. The minimum absolute atomic E-state index is 0.712. The molecule has 1 aliphatic rings. The third-order valence-electron chi connectivity index (χ3n) is 2.52. The van der Waals surface area contributed by atoms with Gasteiger partial charge in [0.05, 0.1) is 0 Å². The number of rotatable bonds is 2. The third-order valence-corrected chi connectivity index (χ3v) is 2.52. The maximum absolute atomic E-state index is 5.92. The standard InChI is InChI=1S/C10H19N/c1-2-6-10(11)9-7-4-3-5-8-9/h6,9H,2-5,7-8,11H2,1H3/b10-6-. The molecule has 0 spiro atoms. The van der Waals surface area contributed by atoms with Crippen molar-refractivity contribution in [2.45, 2.75) is 45.4 Å². The molecule has 1 heteroatoms. The smallest absolute Gasteiger partial charge is 0.00713 e. The van der Waals surface area contributed by atoms with E-state index in [2.05, 4.69) is 13.0 Å². The lowest BCUT2D eigenvalue weighted by molar-refractivity contribution is 0.399. The second-order valence-electron chi connectivity index (χ2n) is 3.45. The molecular formula is C10H19N. The monoisotopic (exact) mass is 153 g/mol. The van der Waals surface area contributed by atoms with Crippen molar-refractivity contribution in [3.05, 3.63) is 11.8 Å². The molecule has 0 bridgehead atoms. The molecule has 0 aromatic rings. The summed E-state index contributed by atoms with van der Waals surface area (Å²) >= 11 is 0. The van der Waals surface area contributed by atoms with Crippen LogP contribution in [0.25, 0.3) is 0 Å². The van der Waals surface area contributed by atoms with E-state index in [1.165, 1.54) is 32.1 Å². The van der Waals surface area contributed by atoms with Gasteiger partial charge in [-0.05, 0) is 25.2 Å². The van der Waals surface area contributed by atoms with E-state index < -0.39 is 0 Å². The minimum atomic E-state index is 0.712. The Hall–Kier alpha value is -0.460. The average Bonchev–Trinajstić information content (AvgIpc) is 2.07. The highest BCUT2D eigenvalue weighted by molar-refractivity contribution is 5.02. The Morgan fingerprint density at radius 2 is 2.00 bits per heavy atom. The molecule has 1 fully saturated rings. The van der Waals surface area contributed by atoms with Crippen molar-refractivity contribution in [3.63, 3.8) is 0 Å². The molecule has 11 heavy (non-hydrogen) atoms. The van der Waals surface area contributed by atoms with Crippen LogP contribution in [0, 0.1) is 5.92 Å². The second kappa shape index (κ2) is 4.42. The van der Waals surface area contributed by atoms with Crippen molar-refractivity contribution >= 4 is 0 Å². The molecule has 1 rings (SSSR count). The van der Waals surface area contributed by atoms with Gasteiger partial charge in [-0.3, -0.25) is 0 Å². The number of hydrogen-bond donors (Lipinski definition) is 1. The normalized spacial score (nSPS) is 22.1. The van der Waals surface area contributed by atoms with E-state index in [0.29, 0.717) is 5.92 Å². The van der Waals surface area contributed by atoms with E-state index >= 15 is 0 Å². The maximum Gasteiger partial charge on any atom is 0.00713 e. The fourth-order valence-electron chi connectivity index (χ4n) is 1.84. The maximum atomic E-state index is 5.92. The van der Waals surface area contributed by atoms with Gasteiger partial charge in [0.2, 0.25) is 0 Å². The van der Waals surface area contributed by atoms with Crippen LogP contribution in [0.1, 0.15) is 45.4 Å². The first-order chi connectivity index (χ1) is 5.34. The van der Waals surface area contributed by atoms with Gasteiger partial charge in [-0.2, -0.15) is 0 Å². The van der Waals surface area contributed by atoms with Crippen LogP contribution in [0.15, 0.2) is 11.8 Å². The van der Waals surface area contributed by atoms with Crippen molar-refractivity contribution in [2.24, 2.45) is 11.7 Å². The first-order valence-corrected chi connectivity index (χ1v) is 4.80. The molecule has 1 aliphatic carbocycles. The van der Waals surface area contributed by atoms with Crippen LogP contribution in [0.3, 0.4) is 0 Å². The molecule has 2 N–H and O–H groups in total. The van der Waals surface area contributed by atoms with Gasteiger partial charge in [-0.25, -0.2) is 0 Å². The first-order valence-electron chi connectivity index (χ1n) is 4.80. The van der Waals surface area contributed by atoms with E-state index in [9.17, 15) is 0 Å². The lowest BCUT2D eigenvalue weighted by Gasteiger charge is -2.21. The molecule has 64 valence electrons. The van der Waals surface area contributed by atoms with Gasteiger partial charge in [0, 0.05) is 5.70 Å². The summed E-state index contributed by atoms with van der Waals surface area (Å²) in [6.07, 6.45) is 10.1. The molecule has 0 radical (unpaired) electrons. The molecular weight excluding hydrogens is 134 g/mol. The summed E-state index contributed by atoms with van der Waals surface area (Å²) in [7, 11) is 0. The molecule has 0 unspecified atom stereocenters. The quantitative estimate of drug-likeness (QED) is 0.648. The summed E-state index contributed by atoms with van der Waals surface area (Å²) < 4.78 is 0. The average molecular weight is 153 g/mol. The van der Waals surface area contributed by atoms with E-state index in [4.69, 9.17) is 5.73 Å². The predicted octanol–water partition coefficient (Wildman–Crippen LogP) is 2.82. The Bertz CT molecular complexity index is 132. The highest BCUT2D eigenvalue weighted by Crippen LogP contribution is 2.27. The van der Waals surface area contributed by atoms with Crippen molar-refractivity contribution in [2.75, 3.05) is 0 Å². The minimum Gasteiger partial charge on any atom is -0.402 e.